The van der Waals surface area contributed by atoms with Crippen molar-refractivity contribution in [3.63, 3.8) is 0 Å². The molecule has 0 aliphatic carbocycles. The van der Waals surface area contributed by atoms with E-state index in [-0.39, 0.29) is 0 Å². The highest BCUT2D eigenvalue weighted by Gasteiger charge is 1.97. The van der Waals surface area contributed by atoms with Crippen molar-refractivity contribution in [1.82, 2.24) is 9.97 Å². The molecule has 0 aliphatic heterocycles. The average Bonchev–Trinajstić information content (AvgIpc) is 2.30. The minimum Gasteiger partial charge on any atom is -0.264 e. The number of aromatic nitrogens is 2. The van der Waals surface area contributed by atoms with Gasteiger partial charge in [0.15, 0.2) is 0 Å². The summed E-state index contributed by atoms with van der Waals surface area (Å²) in [7, 11) is 0. The zero-order valence-electron chi connectivity index (χ0n) is 8.14. The molecule has 2 aromatic rings. The molecule has 14 heavy (non-hydrogen) atoms. The Balaban J connectivity index is 2.42. The number of aryl methyl sites for hydroxylation is 1. The van der Waals surface area contributed by atoms with Gasteiger partial charge in [0, 0.05) is 29.8 Å². The average molecular weight is 184 g/mol. The number of hydrogen-bond donors (Lipinski definition) is 0. The first-order chi connectivity index (χ1) is 6.90. The van der Waals surface area contributed by atoms with E-state index < -0.39 is 0 Å². The summed E-state index contributed by atoms with van der Waals surface area (Å²) >= 11 is 0. The predicted octanol–water partition coefficient (Wildman–Crippen LogP) is 2.71. The normalized spacial score (nSPS) is 10.1. The van der Waals surface area contributed by atoms with Crippen LogP contribution in [0.1, 0.15) is 12.6 Å². The molecule has 0 atom stereocenters. The van der Waals surface area contributed by atoms with E-state index in [0.29, 0.717) is 0 Å². The molecule has 2 rings (SSSR count). The van der Waals surface area contributed by atoms with Crippen LogP contribution in [0.15, 0.2) is 42.9 Å². The fraction of sp³-hybridized carbons (Fsp3) is 0.167. The van der Waals surface area contributed by atoms with E-state index >= 15 is 0 Å². The van der Waals surface area contributed by atoms with Crippen molar-refractivity contribution in [3.8, 4) is 11.1 Å². The van der Waals surface area contributed by atoms with Crippen molar-refractivity contribution in [2.24, 2.45) is 0 Å². The van der Waals surface area contributed by atoms with E-state index in [1.807, 2.05) is 24.5 Å². The van der Waals surface area contributed by atoms with Gasteiger partial charge in [0.2, 0.25) is 0 Å². The Kier molecular flexibility index (Phi) is 2.54. The summed E-state index contributed by atoms with van der Waals surface area (Å²) in [5, 5.41) is 0. The zero-order chi connectivity index (χ0) is 9.80. The second kappa shape index (κ2) is 4.01. The molecule has 0 aliphatic rings. The molecule has 0 bridgehead atoms. The van der Waals surface area contributed by atoms with Crippen LogP contribution in [0, 0.1) is 0 Å². The Morgan fingerprint density at radius 1 is 1.14 bits per heavy atom. The summed E-state index contributed by atoms with van der Waals surface area (Å²) in [5.41, 5.74) is 3.45. The third kappa shape index (κ3) is 1.79. The van der Waals surface area contributed by atoms with E-state index in [0.717, 1.165) is 17.7 Å². The van der Waals surface area contributed by atoms with Gasteiger partial charge in [0.25, 0.3) is 0 Å². The summed E-state index contributed by atoms with van der Waals surface area (Å²) in [6.07, 6.45) is 6.47. The van der Waals surface area contributed by atoms with Gasteiger partial charge in [-0.15, -0.1) is 0 Å². The molecule has 0 fully saturated rings. The molecule has 2 nitrogen and oxygen atoms in total. The first-order valence-electron chi connectivity index (χ1n) is 4.75. The van der Waals surface area contributed by atoms with Crippen LogP contribution in [0.25, 0.3) is 11.1 Å². The van der Waals surface area contributed by atoms with Crippen molar-refractivity contribution in [2.45, 2.75) is 13.3 Å². The molecule has 0 amide bonds. The van der Waals surface area contributed by atoms with Crippen LogP contribution in [-0.4, -0.2) is 9.97 Å². The molecule has 2 heteroatoms. The molecule has 0 radical (unpaired) electrons. The van der Waals surface area contributed by atoms with Crippen LogP contribution >= 0.6 is 0 Å². The van der Waals surface area contributed by atoms with E-state index in [1.165, 1.54) is 5.56 Å². The summed E-state index contributed by atoms with van der Waals surface area (Å²) in [6, 6.07) is 8.12. The largest absolute Gasteiger partial charge is 0.264 e. The fourth-order valence-corrected chi connectivity index (χ4v) is 1.38. The van der Waals surface area contributed by atoms with Gasteiger partial charge >= 0.3 is 0 Å². The molecule has 0 N–H and O–H groups in total. The van der Waals surface area contributed by atoms with Crippen molar-refractivity contribution in [3.05, 3.63) is 48.5 Å². The SMILES string of the molecule is CCc1cc(-c2cccnc2)ccn1. The maximum atomic E-state index is 4.26. The number of nitrogens with zero attached hydrogens (tertiary/aromatic N) is 2. The van der Waals surface area contributed by atoms with Gasteiger partial charge in [0.1, 0.15) is 0 Å². The topological polar surface area (TPSA) is 25.8 Å². The van der Waals surface area contributed by atoms with Crippen LogP contribution in [0.4, 0.5) is 0 Å². The van der Waals surface area contributed by atoms with Crippen LogP contribution < -0.4 is 0 Å². The quantitative estimate of drug-likeness (QED) is 0.717. The first kappa shape index (κ1) is 8.88. The van der Waals surface area contributed by atoms with Crippen molar-refractivity contribution >= 4 is 0 Å². The molecule has 0 saturated heterocycles. The number of rotatable bonds is 2. The molecular weight excluding hydrogens is 172 g/mol. The van der Waals surface area contributed by atoms with Gasteiger partial charge in [0.05, 0.1) is 0 Å². The molecule has 2 heterocycles. The molecular formula is C12H12N2. The predicted molar refractivity (Wildman–Crippen MR) is 56.8 cm³/mol. The van der Waals surface area contributed by atoms with Gasteiger partial charge in [-0.25, -0.2) is 0 Å². The van der Waals surface area contributed by atoms with Gasteiger partial charge in [-0.3, -0.25) is 9.97 Å². The van der Waals surface area contributed by atoms with E-state index in [2.05, 4.69) is 29.0 Å². The van der Waals surface area contributed by atoms with E-state index in [1.54, 1.807) is 6.20 Å². The molecule has 0 spiro atoms. The Morgan fingerprint density at radius 2 is 2.07 bits per heavy atom. The summed E-state index contributed by atoms with van der Waals surface area (Å²) in [5.74, 6) is 0. The molecule has 0 saturated carbocycles. The smallest absolute Gasteiger partial charge is 0.0407 e. The van der Waals surface area contributed by atoms with Crippen molar-refractivity contribution in [1.29, 1.82) is 0 Å². The van der Waals surface area contributed by atoms with Crippen LogP contribution in [0.2, 0.25) is 0 Å². The Morgan fingerprint density at radius 3 is 2.79 bits per heavy atom. The number of pyridine rings is 2. The third-order valence-corrected chi connectivity index (χ3v) is 2.17. The van der Waals surface area contributed by atoms with Crippen LogP contribution in [0.5, 0.6) is 0 Å². The van der Waals surface area contributed by atoms with Gasteiger partial charge < -0.3 is 0 Å². The maximum absolute atomic E-state index is 4.26. The fourth-order valence-electron chi connectivity index (χ4n) is 1.38. The lowest BCUT2D eigenvalue weighted by molar-refractivity contribution is 1.04. The second-order valence-corrected chi connectivity index (χ2v) is 3.13. The standard InChI is InChI=1S/C12H12N2/c1-2-12-8-10(5-7-14-12)11-4-3-6-13-9-11/h3-9H,2H2,1H3. The van der Waals surface area contributed by atoms with E-state index in [9.17, 15) is 0 Å². The van der Waals surface area contributed by atoms with E-state index in [4.69, 9.17) is 0 Å². The summed E-state index contributed by atoms with van der Waals surface area (Å²) < 4.78 is 0. The Labute approximate surface area is 83.7 Å². The van der Waals surface area contributed by atoms with Crippen LogP contribution in [0.3, 0.4) is 0 Å². The Bertz CT molecular complexity index is 410. The molecule has 2 aromatic heterocycles. The van der Waals surface area contributed by atoms with Crippen molar-refractivity contribution < 1.29 is 0 Å². The highest BCUT2D eigenvalue weighted by Crippen LogP contribution is 2.17. The van der Waals surface area contributed by atoms with Gasteiger partial charge in [-0.2, -0.15) is 0 Å². The highest BCUT2D eigenvalue weighted by atomic mass is 14.7. The minimum absolute atomic E-state index is 0.966. The first-order valence-corrected chi connectivity index (χ1v) is 4.75. The summed E-state index contributed by atoms with van der Waals surface area (Å²) in [4.78, 5) is 8.36. The lowest BCUT2D eigenvalue weighted by Gasteiger charge is -2.01. The summed E-state index contributed by atoms with van der Waals surface area (Å²) in [6.45, 7) is 2.11. The lowest BCUT2D eigenvalue weighted by Crippen LogP contribution is -1.87. The maximum Gasteiger partial charge on any atom is 0.0407 e. The monoisotopic (exact) mass is 184 g/mol. The molecule has 70 valence electrons. The third-order valence-electron chi connectivity index (χ3n) is 2.17. The molecule has 0 unspecified atom stereocenters. The Hall–Kier alpha value is -1.70. The lowest BCUT2D eigenvalue weighted by atomic mass is 10.1. The molecule has 0 aromatic carbocycles. The zero-order valence-corrected chi connectivity index (χ0v) is 8.14. The van der Waals surface area contributed by atoms with Crippen LogP contribution in [-0.2, 0) is 6.42 Å². The minimum atomic E-state index is 0.966. The highest BCUT2D eigenvalue weighted by molar-refractivity contribution is 5.62. The van der Waals surface area contributed by atoms with Gasteiger partial charge in [-0.1, -0.05) is 13.0 Å². The van der Waals surface area contributed by atoms with Gasteiger partial charge in [-0.05, 0) is 30.2 Å². The second-order valence-electron chi connectivity index (χ2n) is 3.13. The number of hydrogen-bond acceptors (Lipinski definition) is 2. The van der Waals surface area contributed by atoms with Crippen molar-refractivity contribution in [2.75, 3.05) is 0 Å².